The Balaban J connectivity index is 2.13. The Bertz CT molecular complexity index is 602. The molecule has 0 bridgehead atoms. The zero-order valence-electron chi connectivity index (χ0n) is 10.9. The minimum absolute atomic E-state index is 0.0465. The van der Waals surface area contributed by atoms with E-state index in [2.05, 4.69) is 20.3 Å². The zero-order valence-corrected chi connectivity index (χ0v) is 10.9. The number of nitrogens with zero attached hydrogens (tertiary/aromatic N) is 3. The number of rotatable bonds is 4. The second-order valence-electron chi connectivity index (χ2n) is 4.13. The summed E-state index contributed by atoms with van der Waals surface area (Å²) in [5, 5.41) is 11.8. The van der Waals surface area contributed by atoms with Crippen molar-refractivity contribution in [3.63, 3.8) is 0 Å². The quantitative estimate of drug-likeness (QED) is 0.864. The molecule has 0 aromatic carbocycles. The Labute approximate surface area is 109 Å². The molecule has 0 fully saturated rings. The fourth-order valence-corrected chi connectivity index (χ4v) is 1.53. The molecular formula is C12H14N4O3. The lowest BCUT2D eigenvalue weighted by molar-refractivity contribution is 0.0690. The van der Waals surface area contributed by atoms with E-state index in [1.807, 2.05) is 13.8 Å². The van der Waals surface area contributed by atoms with Crippen molar-refractivity contribution >= 4 is 11.9 Å². The van der Waals surface area contributed by atoms with E-state index in [4.69, 9.17) is 9.52 Å². The van der Waals surface area contributed by atoms with Crippen molar-refractivity contribution in [1.82, 2.24) is 15.0 Å². The van der Waals surface area contributed by atoms with Gasteiger partial charge in [-0.05, 0) is 26.8 Å². The first kappa shape index (κ1) is 13.0. The summed E-state index contributed by atoms with van der Waals surface area (Å²) in [6.07, 6.45) is 0. The van der Waals surface area contributed by atoms with Crippen LogP contribution in [0.5, 0.6) is 0 Å². The van der Waals surface area contributed by atoms with Gasteiger partial charge in [-0.3, -0.25) is 0 Å². The molecule has 2 N–H and O–H groups in total. The van der Waals surface area contributed by atoms with Gasteiger partial charge in [-0.2, -0.15) is 0 Å². The largest absolute Gasteiger partial charge is 0.477 e. The molecule has 0 atom stereocenters. The average molecular weight is 262 g/mol. The van der Waals surface area contributed by atoms with Crippen LogP contribution in [0.3, 0.4) is 0 Å². The van der Waals surface area contributed by atoms with Gasteiger partial charge in [-0.25, -0.2) is 19.7 Å². The first-order chi connectivity index (χ1) is 8.95. The van der Waals surface area contributed by atoms with Crippen LogP contribution in [-0.4, -0.2) is 26.0 Å². The molecule has 2 rings (SSSR count). The Hall–Kier alpha value is -2.44. The number of carbonyl (C=O) groups is 1. The molecule has 0 spiro atoms. The Morgan fingerprint density at radius 2 is 2.05 bits per heavy atom. The number of aromatic carboxylic acids is 1. The van der Waals surface area contributed by atoms with Gasteiger partial charge >= 0.3 is 5.97 Å². The van der Waals surface area contributed by atoms with Crippen LogP contribution in [-0.2, 0) is 6.54 Å². The van der Waals surface area contributed by atoms with E-state index in [1.54, 1.807) is 6.92 Å². The van der Waals surface area contributed by atoms with Gasteiger partial charge in [-0.15, -0.1) is 0 Å². The van der Waals surface area contributed by atoms with Crippen molar-refractivity contribution in [1.29, 1.82) is 0 Å². The highest BCUT2D eigenvalue weighted by Crippen LogP contribution is 2.10. The fraction of sp³-hybridized carbons (Fsp3) is 0.333. The molecule has 0 radical (unpaired) electrons. The topological polar surface area (TPSA) is 101 Å². The van der Waals surface area contributed by atoms with E-state index < -0.39 is 5.97 Å². The summed E-state index contributed by atoms with van der Waals surface area (Å²) in [5.74, 6) is 0.424. The molecule has 0 saturated heterocycles. The summed E-state index contributed by atoms with van der Waals surface area (Å²) in [6.45, 7) is 5.70. The maximum Gasteiger partial charge on any atom is 0.354 e. The summed E-state index contributed by atoms with van der Waals surface area (Å²) in [7, 11) is 0. The maximum absolute atomic E-state index is 10.9. The molecule has 0 saturated carbocycles. The molecule has 0 amide bonds. The van der Waals surface area contributed by atoms with Crippen LogP contribution in [0.15, 0.2) is 10.5 Å². The van der Waals surface area contributed by atoms with Crippen LogP contribution in [0.1, 0.15) is 33.5 Å². The van der Waals surface area contributed by atoms with E-state index in [-0.39, 0.29) is 11.6 Å². The van der Waals surface area contributed by atoms with Crippen molar-refractivity contribution in [3.05, 3.63) is 34.8 Å². The van der Waals surface area contributed by atoms with Gasteiger partial charge < -0.3 is 14.8 Å². The van der Waals surface area contributed by atoms with Crippen LogP contribution in [0.25, 0.3) is 0 Å². The fourth-order valence-electron chi connectivity index (χ4n) is 1.53. The lowest BCUT2D eigenvalue weighted by Gasteiger charge is -2.04. The third kappa shape index (κ3) is 3.06. The second-order valence-corrected chi connectivity index (χ2v) is 4.13. The average Bonchev–Trinajstić information content (AvgIpc) is 2.65. The summed E-state index contributed by atoms with van der Waals surface area (Å²) in [4.78, 5) is 23.1. The number of oxazole rings is 1. The minimum Gasteiger partial charge on any atom is -0.477 e. The van der Waals surface area contributed by atoms with Gasteiger partial charge in [0.05, 0.1) is 12.2 Å². The molecule has 0 aliphatic carbocycles. The third-order valence-electron chi connectivity index (χ3n) is 2.54. The Morgan fingerprint density at radius 1 is 1.32 bits per heavy atom. The van der Waals surface area contributed by atoms with Crippen LogP contribution < -0.4 is 5.32 Å². The standard InChI is InChI=1S/C12H14N4O3/c1-6-4-9(11(17)18)16-12(14-6)13-5-10-15-7(2)8(3)19-10/h4H,5H2,1-3H3,(H,17,18)(H,13,14,16). The normalized spacial score (nSPS) is 10.5. The zero-order chi connectivity index (χ0) is 14.0. The van der Waals surface area contributed by atoms with Crippen molar-refractivity contribution in [3.8, 4) is 0 Å². The number of anilines is 1. The lowest BCUT2D eigenvalue weighted by atomic mass is 10.3. The molecule has 0 unspecified atom stereocenters. The summed E-state index contributed by atoms with van der Waals surface area (Å²) < 4.78 is 5.40. The van der Waals surface area contributed by atoms with E-state index in [1.165, 1.54) is 6.07 Å². The van der Waals surface area contributed by atoms with Crippen molar-refractivity contribution in [2.45, 2.75) is 27.3 Å². The monoisotopic (exact) mass is 262 g/mol. The Kier molecular flexibility index (Phi) is 3.46. The van der Waals surface area contributed by atoms with Crippen LogP contribution in [0, 0.1) is 20.8 Å². The number of hydrogen-bond donors (Lipinski definition) is 2. The molecule has 2 heterocycles. The molecule has 19 heavy (non-hydrogen) atoms. The van der Waals surface area contributed by atoms with E-state index in [9.17, 15) is 4.79 Å². The third-order valence-corrected chi connectivity index (χ3v) is 2.54. The molecular weight excluding hydrogens is 248 g/mol. The van der Waals surface area contributed by atoms with E-state index >= 15 is 0 Å². The predicted octanol–water partition coefficient (Wildman–Crippen LogP) is 1.70. The highest BCUT2D eigenvalue weighted by molar-refractivity contribution is 5.85. The van der Waals surface area contributed by atoms with Crippen molar-refractivity contribution < 1.29 is 14.3 Å². The molecule has 7 nitrogen and oxygen atoms in total. The second kappa shape index (κ2) is 5.05. The smallest absolute Gasteiger partial charge is 0.354 e. The lowest BCUT2D eigenvalue weighted by Crippen LogP contribution is -2.09. The summed E-state index contributed by atoms with van der Waals surface area (Å²) >= 11 is 0. The van der Waals surface area contributed by atoms with E-state index in [0.29, 0.717) is 18.1 Å². The molecule has 2 aromatic rings. The van der Waals surface area contributed by atoms with Gasteiger partial charge in [0.2, 0.25) is 11.8 Å². The van der Waals surface area contributed by atoms with Crippen molar-refractivity contribution in [2.24, 2.45) is 0 Å². The SMILES string of the molecule is Cc1cc(C(=O)O)nc(NCc2nc(C)c(C)o2)n1. The van der Waals surface area contributed by atoms with Crippen LogP contribution in [0.4, 0.5) is 5.95 Å². The first-order valence-corrected chi connectivity index (χ1v) is 5.71. The van der Waals surface area contributed by atoms with Crippen LogP contribution in [0.2, 0.25) is 0 Å². The molecule has 100 valence electrons. The van der Waals surface area contributed by atoms with Gasteiger partial charge in [-0.1, -0.05) is 0 Å². The molecule has 0 aliphatic rings. The van der Waals surface area contributed by atoms with Crippen LogP contribution >= 0.6 is 0 Å². The van der Waals surface area contributed by atoms with Gasteiger partial charge in [0.25, 0.3) is 0 Å². The number of aromatic nitrogens is 3. The maximum atomic E-state index is 10.9. The summed E-state index contributed by atoms with van der Waals surface area (Å²) in [6, 6.07) is 1.41. The highest BCUT2D eigenvalue weighted by atomic mass is 16.4. The Morgan fingerprint density at radius 3 is 2.63 bits per heavy atom. The predicted molar refractivity (Wildman–Crippen MR) is 67.0 cm³/mol. The number of hydrogen-bond acceptors (Lipinski definition) is 6. The number of carboxylic acids is 1. The molecule has 2 aromatic heterocycles. The number of carboxylic acid groups (broad SMARTS) is 1. The number of nitrogens with one attached hydrogen (secondary N) is 1. The van der Waals surface area contributed by atoms with E-state index in [0.717, 1.165) is 11.5 Å². The first-order valence-electron chi connectivity index (χ1n) is 5.71. The summed E-state index contributed by atoms with van der Waals surface area (Å²) in [5.41, 5.74) is 1.36. The number of aryl methyl sites for hydroxylation is 3. The van der Waals surface area contributed by atoms with Gasteiger partial charge in [0.15, 0.2) is 5.69 Å². The molecule has 0 aliphatic heterocycles. The highest BCUT2D eigenvalue weighted by Gasteiger charge is 2.10. The van der Waals surface area contributed by atoms with Crippen molar-refractivity contribution in [2.75, 3.05) is 5.32 Å². The minimum atomic E-state index is -1.09. The van der Waals surface area contributed by atoms with Gasteiger partial charge in [0, 0.05) is 5.69 Å². The molecule has 7 heteroatoms. The van der Waals surface area contributed by atoms with Gasteiger partial charge in [0.1, 0.15) is 5.76 Å².